The van der Waals surface area contributed by atoms with Crippen LogP contribution in [0.5, 0.6) is 0 Å². The van der Waals surface area contributed by atoms with Gasteiger partial charge >= 0.3 is 0 Å². The van der Waals surface area contributed by atoms with E-state index < -0.39 is 0 Å². The minimum absolute atomic E-state index is 0.208. The first-order chi connectivity index (χ1) is 12.3. The number of H-pyrrole nitrogens is 1. The fourth-order valence-electron chi connectivity index (χ4n) is 3.31. The van der Waals surface area contributed by atoms with Gasteiger partial charge in [0.05, 0.1) is 11.3 Å². The molecule has 0 spiro atoms. The summed E-state index contributed by atoms with van der Waals surface area (Å²) in [4.78, 5) is 17.3. The Labute approximate surface area is 146 Å². The number of nitrogens with zero attached hydrogens (tertiary/aromatic N) is 2. The average molecular weight is 332 g/mol. The maximum Gasteiger partial charge on any atom is 0.276 e. The molecule has 1 aromatic carbocycles. The van der Waals surface area contributed by atoms with Crippen molar-refractivity contribution in [2.24, 2.45) is 0 Å². The third-order valence-electron chi connectivity index (χ3n) is 4.68. The average Bonchev–Trinajstić information content (AvgIpc) is 2.98. The standard InChI is InChI=1S/C20H20N4O/c1-2-13-8-10-15(11-9-13)22-20(25)19-17-16(23-24-19)7-3-5-14-6-4-12-21-18(14)17/h4,6,8-12H,2-3,5,7H2,1H3,(H,22,25)(H,23,24). The topological polar surface area (TPSA) is 70.7 Å². The number of carbonyl (C=O) groups is 1. The van der Waals surface area contributed by atoms with E-state index >= 15 is 0 Å². The molecule has 3 aromatic rings. The lowest BCUT2D eigenvalue weighted by atomic mass is 10.0. The normalized spacial score (nSPS) is 12.8. The van der Waals surface area contributed by atoms with E-state index in [0.717, 1.165) is 48.3 Å². The van der Waals surface area contributed by atoms with Crippen molar-refractivity contribution in [3.05, 3.63) is 65.1 Å². The fourth-order valence-corrected chi connectivity index (χ4v) is 3.31. The molecule has 0 radical (unpaired) electrons. The van der Waals surface area contributed by atoms with Crippen molar-refractivity contribution < 1.29 is 4.79 Å². The zero-order chi connectivity index (χ0) is 17.2. The first kappa shape index (κ1) is 15.6. The van der Waals surface area contributed by atoms with Crippen LogP contribution in [-0.2, 0) is 19.3 Å². The number of rotatable bonds is 3. The molecule has 0 fully saturated rings. The molecule has 25 heavy (non-hydrogen) atoms. The Hall–Kier alpha value is -2.95. The van der Waals surface area contributed by atoms with Crippen molar-refractivity contribution in [1.29, 1.82) is 0 Å². The van der Waals surface area contributed by atoms with Gasteiger partial charge in [-0.05, 0) is 55.0 Å². The van der Waals surface area contributed by atoms with Crippen molar-refractivity contribution in [3.63, 3.8) is 0 Å². The molecule has 0 atom stereocenters. The molecule has 0 saturated carbocycles. The molecule has 5 nitrogen and oxygen atoms in total. The number of aryl methyl sites for hydroxylation is 3. The highest BCUT2D eigenvalue weighted by Crippen LogP contribution is 2.32. The third kappa shape index (κ3) is 2.93. The number of fused-ring (bicyclic) bond motifs is 3. The van der Waals surface area contributed by atoms with Crippen molar-refractivity contribution >= 4 is 11.6 Å². The second-order valence-corrected chi connectivity index (χ2v) is 6.30. The van der Waals surface area contributed by atoms with Gasteiger partial charge in [-0.3, -0.25) is 14.9 Å². The molecular formula is C20H20N4O. The molecule has 4 rings (SSSR count). The Morgan fingerprint density at radius 3 is 2.84 bits per heavy atom. The smallest absolute Gasteiger partial charge is 0.276 e. The lowest BCUT2D eigenvalue weighted by Gasteiger charge is -2.08. The van der Waals surface area contributed by atoms with E-state index in [-0.39, 0.29) is 5.91 Å². The molecule has 5 heteroatoms. The van der Waals surface area contributed by atoms with Gasteiger partial charge in [-0.25, -0.2) is 0 Å². The minimum atomic E-state index is -0.208. The van der Waals surface area contributed by atoms with Crippen LogP contribution in [0.15, 0.2) is 42.6 Å². The molecule has 2 heterocycles. The molecule has 1 aliphatic rings. The van der Waals surface area contributed by atoms with E-state index in [4.69, 9.17) is 0 Å². The Morgan fingerprint density at radius 1 is 1.20 bits per heavy atom. The number of aromatic nitrogens is 3. The zero-order valence-corrected chi connectivity index (χ0v) is 14.2. The van der Waals surface area contributed by atoms with Crippen molar-refractivity contribution in [2.75, 3.05) is 5.32 Å². The zero-order valence-electron chi connectivity index (χ0n) is 14.2. The van der Waals surface area contributed by atoms with Crippen LogP contribution in [0.25, 0.3) is 11.3 Å². The monoisotopic (exact) mass is 332 g/mol. The number of hydrogen-bond acceptors (Lipinski definition) is 3. The molecule has 1 aliphatic carbocycles. The second-order valence-electron chi connectivity index (χ2n) is 6.30. The van der Waals surface area contributed by atoms with E-state index in [1.807, 2.05) is 30.3 Å². The predicted molar refractivity (Wildman–Crippen MR) is 97.6 cm³/mol. The molecule has 126 valence electrons. The summed E-state index contributed by atoms with van der Waals surface area (Å²) in [7, 11) is 0. The second kappa shape index (κ2) is 6.51. The highest BCUT2D eigenvalue weighted by Gasteiger charge is 2.25. The first-order valence-electron chi connectivity index (χ1n) is 8.68. The maximum absolute atomic E-state index is 12.8. The van der Waals surface area contributed by atoms with E-state index in [2.05, 4.69) is 33.5 Å². The number of nitrogens with one attached hydrogen (secondary N) is 2. The summed E-state index contributed by atoms with van der Waals surface area (Å²) < 4.78 is 0. The summed E-state index contributed by atoms with van der Waals surface area (Å²) in [6.07, 6.45) is 5.60. The van der Waals surface area contributed by atoms with Gasteiger partial charge in [-0.2, -0.15) is 5.10 Å². The van der Waals surface area contributed by atoms with Crippen molar-refractivity contribution in [3.8, 4) is 11.3 Å². The van der Waals surface area contributed by atoms with Crippen LogP contribution in [-0.4, -0.2) is 21.1 Å². The first-order valence-corrected chi connectivity index (χ1v) is 8.68. The Bertz CT molecular complexity index is 912. The summed E-state index contributed by atoms with van der Waals surface area (Å²) >= 11 is 0. The number of benzene rings is 1. The number of aromatic amines is 1. The lowest BCUT2D eigenvalue weighted by Crippen LogP contribution is -2.14. The predicted octanol–water partition coefficient (Wildman–Crippen LogP) is 3.78. The Kier molecular flexibility index (Phi) is 4.06. The van der Waals surface area contributed by atoms with Gasteiger partial charge < -0.3 is 5.32 Å². The van der Waals surface area contributed by atoms with Crippen LogP contribution in [0.3, 0.4) is 0 Å². The minimum Gasteiger partial charge on any atom is -0.321 e. The summed E-state index contributed by atoms with van der Waals surface area (Å²) in [6.45, 7) is 2.11. The Balaban J connectivity index is 1.68. The van der Waals surface area contributed by atoms with Gasteiger partial charge in [0.15, 0.2) is 5.69 Å². The summed E-state index contributed by atoms with van der Waals surface area (Å²) in [5.41, 5.74) is 6.30. The van der Waals surface area contributed by atoms with Crippen LogP contribution in [0.2, 0.25) is 0 Å². The fraction of sp³-hybridized carbons (Fsp3) is 0.250. The van der Waals surface area contributed by atoms with E-state index in [1.54, 1.807) is 6.20 Å². The van der Waals surface area contributed by atoms with Crippen LogP contribution >= 0.6 is 0 Å². The molecule has 2 N–H and O–H groups in total. The molecule has 0 aliphatic heterocycles. The summed E-state index contributed by atoms with van der Waals surface area (Å²) in [5, 5.41) is 10.3. The van der Waals surface area contributed by atoms with E-state index in [1.165, 1.54) is 11.1 Å². The number of carbonyl (C=O) groups excluding carboxylic acids is 1. The largest absolute Gasteiger partial charge is 0.321 e. The van der Waals surface area contributed by atoms with Crippen LogP contribution in [0.4, 0.5) is 5.69 Å². The van der Waals surface area contributed by atoms with Gasteiger partial charge in [-0.15, -0.1) is 0 Å². The molecular weight excluding hydrogens is 312 g/mol. The van der Waals surface area contributed by atoms with Crippen molar-refractivity contribution in [2.45, 2.75) is 32.6 Å². The number of amides is 1. The van der Waals surface area contributed by atoms with E-state index in [9.17, 15) is 4.79 Å². The SMILES string of the molecule is CCc1ccc(NC(=O)c2n[nH]c3c2-c2ncccc2CCC3)cc1. The molecule has 1 amide bonds. The van der Waals surface area contributed by atoms with Crippen LogP contribution in [0.1, 0.15) is 40.7 Å². The molecule has 0 bridgehead atoms. The van der Waals surface area contributed by atoms with Gasteiger partial charge in [0.25, 0.3) is 5.91 Å². The van der Waals surface area contributed by atoms with Gasteiger partial charge in [-0.1, -0.05) is 25.1 Å². The highest BCUT2D eigenvalue weighted by molar-refractivity contribution is 6.07. The Morgan fingerprint density at radius 2 is 2.04 bits per heavy atom. The van der Waals surface area contributed by atoms with Gasteiger partial charge in [0.2, 0.25) is 0 Å². The number of pyridine rings is 1. The van der Waals surface area contributed by atoms with Crippen molar-refractivity contribution in [1.82, 2.24) is 15.2 Å². The van der Waals surface area contributed by atoms with Gasteiger partial charge in [0.1, 0.15) is 0 Å². The molecule has 2 aromatic heterocycles. The number of hydrogen-bond donors (Lipinski definition) is 2. The quantitative estimate of drug-likeness (QED) is 0.767. The van der Waals surface area contributed by atoms with Crippen LogP contribution in [0, 0.1) is 0 Å². The third-order valence-corrected chi connectivity index (χ3v) is 4.68. The molecule has 0 saturated heterocycles. The summed E-state index contributed by atoms with van der Waals surface area (Å²) in [6, 6.07) is 11.9. The van der Waals surface area contributed by atoms with Crippen LogP contribution < -0.4 is 5.32 Å². The van der Waals surface area contributed by atoms with Gasteiger partial charge in [0, 0.05) is 17.6 Å². The number of anilines is 1. The summed E-state index contributed by atoms with van der Waals surface area (Å²) in [5.74, 6) is -0.208. The molecule has 0 unspecified atom stereocenters. The van der Waals surface area contributed by atoms with E-state index in [0.29, 0.717) is 5.69 Å². The maximum atomic E-state index is 12.8. The lowest BCUT2D eigenvalue weighted by molar-refractivity contribution is 0.102. The highest BCUT2D eigenvalue weighted by atomic mass is 16.1.